The summed E-state index contributed by atoms with van der Waals surface area (Å²) in [5, 5.41) is 7.31. The zero-order chi connectivity index (χ0) is 13.5. The van der Waals surface area contributed by atoms with Gasteiger partial charge in [-0.25, -0.2) is 0 Å². The Morgan fingerprint density at radius 1 is 1.61 bits per heavy atom. The molecule has 0 aliphatic rings. The topological polar surface area (TPSA) is 56.1 Å². The molecule has 0 aliphatic heterocycles. The molecule has 1 heterocycles. The van der Waals surface area contributed by atoms with Crippen molar-refractivity contribution in [3.63, 3.8) is 0 Å². The summed E-state index contributed by atoms with van der Waals surface area (Å²) in [4.78, 5) is 12.8. The van der Waals surface area contributed by atoms with E-state index < -0.39 is 0 Å². The first-order chi connectivity index (χ1) is 8.52. The third-order valence-electron chi connectivity index (χ3n) is 2.20. The van der Waals surface area contributed by atoms with Gasteiger partial charge in [0.25, 0.3) is 0 Å². The minimum absolute atomic E-state index is 0.192. The van der Waals surface area contributed by atoms with Crippen molar-refractivity contribution < 1.29 is 9.53 Å². The summed E-state index contributed by atoms with van der Waals surface area (Å²) in [6.07, 6.45) is 3.73. The Morgan fingerprint density at radius 3 is 2.83 bits per heavy atom. The maximum atomic E-state index is 11.8. The second-order valence-corrected chi connectivity index (χ2v) is 5.38. The van der Waals surface area contributed by atoms with Crippen molar-refractivity contribution in [2.24, 2.45) is 7.05 Å². The average Bonchev–Trinajstić information content (AvgIpc) is 2.70. The lowest BCUT2D eigenvalue weighted by Crippen LogP contribution is -2.43. The molecule has 1 aromatic rings. The van der Waals surface area contributed by atoms with Crippen LogP contribution in [0.4, 0.5) is 0 Å². The number of rotatable bonds is 7. The molecule has 0 radical (unpaired) electrons. The molecule has 18 heavy (non-hydrogen) atoms. The van der Waals surface area contributed by atoms with Crippen molar-refractivity contribution in [2.45, 2.75) is 37.8 Å². The number of hydrogen-bond acceptors (Lipinski definition) is 5. The third-order valence-corrected chi connectivity index (χ3v) is 3.25. The van der Waals surface area contributed by atoms with Crippen LogP contribution in [0.25, 0.3) is 0 Å². The van der Waals surface area contributed by atoms with E-state index in [0.29, 0.717) is 12.4 Å². The SMILES string of the molecule is CCOC(=O)C(CSc1cnn(C)c1)NC(C)C. The number of carbonyl (C=O) groups excluding carboxylic acids is 1. The van der Waals surface area contributed by atoms with Gasteiger partial charge >= 0.3 is 5.97 Å². The maximum Gasteiger partial charge on any atom is 0.324 e. The number of thioether (sulfide) groups is 1. The highest BCUT2D eigenvalue weighted by atomic mass is 32.2. The molecule has 1 N–H and O–H groups in total. The number of aryl methyl sites for hydroxylation is 1. The standard InChI is InChI=1S/C12H21N3O2S/c1-5-17-12(16)11(14-9(2)3)8-18-10-6-13-15(4)7-10/h6-7,9,11,14H,5,8H2,1-4H3. The number of hydrogen-bond donors (Lipinski definition) is 1. The van der Waals surface area contributed by atoms with Crippen LogP contribution in [0.5, 0.6) is 0 Å². The number of ether oxygens (including phenoxy) is 1. The average molecular weight is 271 g/mol. The predicted octanol–water partition coefficient (Wildman–Crippen LogP) is 1.44. The van der Waals surface area contributed by atoms with Gasteiger partial charge in [-0.05, 0) is 6.92 Å². The normalized spacial score (nSPS) is 12.7. The molecule has 0 bridgehead atoms. The molecule has 1 aromatic heterocycles. The highest BCUT2D eigenvalue weighted by Crippen LogP contribution is 2.18. The fourth-order valence-electron chi connectivity index (χ4n) is 1.48. The number of esters is 1. The fourth-order valence-corrected chi connectivity index (χ4v) is 2.42. The van der Waals surface area contributed by atoms with Crippen molar-refractivity contribution in [3.05, 3.63) is 12.4 Å². The van der Waals surface area contributed by atoms with Crippen molar-refractivity contribution >= 4 is 17.7 Å². The molecule has 0 aliphatic carbocycles. The van der Waals surface area contributed by atoms with Gasteiger partial charge < -0.3 is 10.1 Å². The Kier molecular flexibility index (Phi) is 6.21. The number of nitrogens with one attached hydrogen (secondary N) is 1. The zero-order valence-corrected chi connectivity index (χ0v) is 12.2. The second kappa shape index (κ2) is 7.43. The molecule has 102 valence electrons. The summed E-state index contributed by atoms with van der Waals surface area (Å²) in [5.41, 5.74) is 0. The molecular weight excluding hydrogens is 250 g/mol. The summed E-state index contributed by atoms with van der Waals surface area (Å²) in [6, 6.07) is -0.0379. The van der Waals surface area contributed by atoms with Gasteiger partial charge in [-0.15, -0.1) is 11.8 Å². The lowest BCUT2D eigenvalue weighted by atomic mass is 10.3. The Hall–Kier alpha value is -1.01. The van der Waals surface area contributed by atoms with Crippen LogP contribution in [-0.4, -0.2) is 40.2 Å². The van der Waals surface area contributed by atoms with Crippen LogP contribution >= 0.6 is 11.8 Å². The van der Waals surface area contributed by atoms with E-state index >= 15 is 0 Å². The van der Waals surface area contributed by atoms with Gasteiger partial charge in [0.2, 0.25) is 0 Å². The minimum Gasteiger partial charge on any atom is -0.465 e. The summed E-state index contributed by atoms with van der Waals surface area (Å²) in [5.74, 6) is 0.450. The molecule has 0 fully saturated rings. The highest BCUT2D eigenvalue weighted by Gasteiger charge is 2.20. The number of nitrogens with zero attached hydrogens (tertiary/aromatic N) is 2. The first kappa shape index (κ1) is 15.0. The van der Waals surface area contributed by atoms with Gasteiger partial charge in [-0.1, -0.05) is 13.8 Å². The van der Waals surface area contributed by atoms with Gasteiger partial charge in [-0.2, -0.15) is 5.10 Å². The van der Waals surface area contributed by atoms with Gasteiger partial charge in [-0.3, -0.25) is 9.48 Å². The maximum absolute atomic E-state index is 11.8. The molecular formula is C12H21N3O2S. The van der Waals surface area contributed by atoms with Crippen LogP contribution < -0.4 is 5.32 Å². The largest absolute Gasteiger partial charge is 0.465 e. The predicted molar refractivity (Wildman–Crippen MR) is 72.6 cm³/mol. The summed E-state index contributed by atoms with van der Waals surface area (Å²) < 4.78 is 6.81. The molecule has 1 atom stereocenters. The van der Waals surface area contributed by atoms with Crippen LogP contribution in [0.3, 0.4) is 0 Å². The van der Waals surface area contributed by atoms with Gasteiger partial charge in [0.15, 0.2) is 0 Å². The van der Waals surface area contributed by atoms with E-state index in [2.05, 4.69) is 10.4 Å². The Morgan fingerprint density at radius 2 is 2.33 bits per heavy atom. The molecule has 0 amide bonds. The molecule has 5 nitrogen and oxygen atoms in total. The molecule has 0 saturated heterocycles. The van der Waals surface area contributed by atoms with Gasteiger partial charge in [0.05, 0.1) is 12.8 Å². The lowest BCUT2D eigenvalue weighted by molar-refractivity contribution is -0.145. The third kappa shape index (κ3) is 5.10. The van der Waals surface area contributed by atoms with E-state index in [-0.39, 0.29) is 18.1 Å². The summed E-state index contributed by atoms with van der Waals surface area (Å²) in [7, 11) is 1.87. The highest BCUT2D eigenvalue weighted by molar-refractivity contribution is 7.99. The molecule has 1 unspecified atom stereocenters. The van der Waals surface area contributed by atoms with Crippen molar-refractivity contribution in [2.75, 3.05) is 12.4 Å². The molecule has 0 saturated carbocycles. The summed E-state index contributed by atoms with van der Waals surface area (Å²) >= 11 is 1.60. The van der Waals surface area contributed by atoms with Crippen LogP contribution in [0.15, 0.2) is 17.3 Å². The first-order valence-electron chi connectivity index (χ1n) is 6.07. The quantitative estimate of drug-likeness (QED) is 0.601. The molecule has 6 heteroatoms. The van der Waals surface area contributed by atoms with Crippen LogP contribution in [-0.2, 0) is 16.6 Å². The number of carbonyl (C=O) groups is 1. The van der Waals surface area contributed by atoms with E-state index in [4.69, 9.17) is 4.74 Å². The lowest BCUT2D eigenvalue weighted by Gasteiger charge is -2.18. The van der Waals surface area contributed by atoms with Gasteiger partial charge in [0, 0.05) is 29.9 Å². The Labute approximate surface area is 112 Å². The zero-order valence-electron chi connectivity index (χ0n) is 11.3. The van der Waals surface area contributed by atoms with Crippen molar-refractivity contribution in [1.29, 1.82) is 0 Å². The van der Waals surface area contributed by atoms with Crippen molar-refractivity contribution in [3.8, 4) is 0 Å². The minimum atomic E-state index is -0.282. The van der Waals surface area contributed by atoms with Gasteiger partial charge in [0.1, 0.15) is 6.04 Å². The van der Waals surface area contributed by atoms with E-state index in [0.717, 1.165) is 4.90 Å². The molecule has 0 spiro atoms. The second-order valence-electron chi connectivity index (χ2n) is 4.29. The Balaban J connectivity index is 2.52. The van der Waals surface area contributed by atoms with Crippen LogP contribution in [0.1, 0.15) is 20.8 Å². The first-order valence-corrected chi connectivity index (χ1v) is 7.05. The summed E-state index contributed by atoms with van der Waals surface area (Å²) in [6.45, 7) is 6.26. The van der Waals surface area contributed by atoms with Crippen LogP contribution in [0.2, 0.25) is 0 Å². The van der Waals surface area contributed by atoms with E-state index in [1.54, 1.807) is 22.6 Å². The van der Waals surface area contributed by atoms with Crippen LogP contribution in [0, 0.1) is 0 Å². The molecule has 1 rings (SSSR count). The monoisotopic (exact) mass is 271 g/mol. The van der Waals surface area contributed by atoms with E-state index in [1.165, 1.54) is 0 Å². The Bertz CT molecular complexity index is 379. The van der Waals surface area contributed by atoms with E-state index in [9.17, 15) is 4.79 Å². The smallest absolute Gasteiger partial charge is 0.324 e. The fraction of sp³-hybridized carbons (Fsp3) is 0.667. The molecule has 0 aromatic carbocycles. The number of aromatic nitrogens is 2. The van der Waals surface area contributed by atoms with E-state index in [1.807, 2.05) is 34.0 Å². The van der Waals surface area contributed by atoms with Crippen molar-refractivity contribution in [1.82, 2.24) is 15.1 Å².